The quantitative estimate of drug-likeness (QED) is 0.404. The Labute approximate surface area is 171 Å². The molecular formula is C23H19F3O4. The van der Waals surface area contributed by atoms with E-state index in [1.165, 1.54) is 12.1 Å². The van der Waals surface area contributed by atoms with Gasteiger partial charge in [0.2, 0.25) is 0 Å². The zero-order valence-electron chi connectivity index (χ0n) is 16.0. The van der Waals surface area contributed by atoms with Crippen LogP contribution in [0.4, 0.5) is 13.2 Å². The maximum atomic E-state index is 12.7. The largest absolute Gasteiger partial charge is 0.504 e. The number of hydrogen-bond acceptors (Lipinski definition) is 4. The molecule has 7 heteroatoms. The van der Waals surface area contributed by atoms with Crippen molar-refractivity contribution in [1.82, 2.24) is 0 Å². The van der Waals surface area contributed by atoms with Gasteiger partial charge in [-0.3, -0.25) is 4.79 Å². The number of aldehydes is 1. The lowest BCUT2D eigenvalue weighted by Gasteiger charge is -2.18. The van der Waals surface area contributed by atoms with Crippen molar-refractivity contribution in [2.24, 2.45) is 0 Å². The molecule has 3 rings (SSSR count). The second-order valence-electron chi connectivity index (χ2n) is 6.76. The lowest BCUT2D eigenvalue weighted by atomic mass is 9.90. The minimum absolute atomic E-state index is 0.00531. The second-order valence-corrected chi connectivity index (χ2v) is 6.76. The summed E-state index contributed by atoms with van der Waals surface area (Å²) in [6, 6.07) is 13.6. The van der Waals surface area contributed by atoms with Crippen LogP contribution in [-0.2, 0) is 24.1 Å². The Morgan fingerprint density at radius 2 is 1.57 bits per heavy atom. The number of aromatic hydroxyl groups is 2. The van der Waals surface area contributed by atoms with Crippen molar-refractivity contribution in [1.29, 1.82) is 0 Å². The van der Waals surface area contributed by atoms with Crippen LogP contribution < -0.4 is 0 Å². The van der Waals surface area contributed by atoms with E-state index in [4.69, 9.17) is 4.74 Å². The Balaban J connectivity index is 1.91. The average Bonchev–Trinajstić information content (AvgIpc) is 2.73. The van der Waals surface area contributed by atoms with Gasteiger partial charge in [-0.15, -0.1) is 0 Å². The van der Waals surface area contributed by atoms with E-state index in [1.807, 2.05) is 6.07 Å². The Kier molecular flexibility index (Phi) is 6.12. The second kappa shape index (κ2) is 8.59. The molecule has 0 aromatic heterocycles. The van der Waals surface area contributed by atoms with Crippen molar-refractivity contribution in [3.8, 4) is 22.6 Å². The van der Waals surface area contributed by atoms with Crippen molar-refractivity contribution >= 4 is 6.29 Å². The standard InChI is InChI=1S/C23H19F3O4/c1-14-20(16-5-3-2-4-6-16)19(18(11-27)22(29)21(14)28)13-30-12-15-7-9-17(10-8-15)23(24,25)26/h2-11,28-29H,12-13H2,1H3. The number of alkyl halides is 3. The van der Waals surface area contributed by atoms with Gasteiger partial charge < -0.3 is 14.9 Å². The first-order chi connectivity index (χ1) is 14.2. The van der Waals surface area contributed by atoms with Gasteiger partial charge in [-0.05, 0) is 35.7 Å². The Bertz CT molecular complexity index is 1040. The van der Waals surface area contributed by atoms with E-state index in [0.29, 0.717) is 28.5 Å². The summed E-state index contributed by atoms with van der Waals surface area (Å²) < 4.78 is 43.7. The first kappa shape index (κ1) is 21.4. The molecule has 0 atom stereocenters. The molecule has 0 saturated carbocycles. The molecular weight excluding hydrogens is 397 g/mol. The number of benzene rings is 3. The van der Waals surface area contributed by atoms with E-state index < -0.39 is 17.5 Å². The first-order valence-corrected chi connectivity index (χ1v) is 9.06. The third-order valence-corrected chi connectivity index (χ3v) is 4.81. The van der Waals surface area contributed by atoms with Gasteiger partial charge in [-0.1, -0.05) is 42.5 Å². The number of carbonyl (C=O) groups excluding carboxylic acids is 1. The van der Waals surface area contributed by atoms with Crippen LogP contribution in [0.25, 0.3) is 11.1 Å². The van der Waals surface area contributed by atoms with E-state index in [2.05, 4.69) is 0 Å². The number of hydrogen-bond donors (Lipinski definition) is 2. The van der Waals surface area contributed by atoms with Gasteiger partial charge in [0.05, 0.1) is 24.3 Å². The number of phenolic OH excluding ortho intramolecular Hbond substituents is 2. The summed E-state index contributed by atoms with van der Waals surface area (Å²) in [6.45, 7) is 1.53. The zero-order chi connectivity index (χ0) is 21.9. The van der Waals surface area contributed by atoms with Gasteiger partial charge in [-0.25, -0.2) is 0 Å². The number of carbonyl (C=O) groups is 1. The molecule has 0 amide bonds. The van der Waals surface area contributed by atoms with Crippen molar-refractivity contribution in [2.45, 2.75) is 26.3 Å². The molecule has 3 aromatic rings. The molecule has 0 heterocycles. The van der Waals surface area contributed by atoms with Gasteiger partial charge in [0.1, 0.15) is 0 Å². The van der Waals surface area contributed by atoms with Gasteiger partial charge in [0.15, 0.2) is 17.8 Å². The summed E-state index contributed by atoms with van der Waals surface area (Å²) in [5, 5.41) is 20.4. The van der Waals surface area contributed by atoms with Crippen LogP contribution in [0.1, 0.15) is 32.6 Å². The fourth-order valence-electron chi connectivity index (χ4n) is 3.26. The smallest absolute Gasteiger partial charge is 0.416 e. The average molecular weight is 416 g/mol. The van der Waals surface area contributed by atoms with Crippen LogP contribution in [0.3, 0.4) is 0 Å². The molecule has 0 bridgehead atoms. The summed E-state index contributed by atoms with van der Waals surface area (Å²) in [4.78, 5) is 11.6. The normalized spacial score (nSPS) is 11.5. The molecule has 3 aromatic carbocycles. The van der Waals surface area contributed by atoms with Crippen LogP contribution in [0, 0.1) is 6.92 Å². The summed E-state index contributed by atoms with van der Waals surface area (Å²) in [5.74, 6) is -0.919. The van der Waals surface area contributed by atoms with Gasteiger partial charge >= 0.3 is 6.18 Å². The molecule has 0 fully saturated rings. The molecule has 2 N–H and O–H groups in total. The topological polar surface area (TPSA) is 66.8 Å². The van der Waals surface area contributed by atoms with Gasteiger partial charge in [0.25, 0.3) is 0 Å². The van der Waals surface area contributed by atoms with E-state index in [9.17, 15) is 28.2 Å². The van der Waals surface area contributed by atoms with Crippen molar-refractivity contribution in [3.63, 3.8) is 0 Å². The summed E-state index contributed by atoms with van der Waals surface area (Å²) in [6.07, 6.45) is -3.97. The summed E-state index contributed by atoms with van der Waals surface area (Å²) in [5.41, 5.74) is 1.73. The fourth-order valence-corrected chi connectivity index (χ4v) is 3.26. The third kappa shape index (κ3) is 4.31. The van der Waals surface area contributed by atoms with Gasteiger partial charge in [-0.2, -0.15) is 13.2 Å². The number of ether oxygens (including phenoxy) is 1. The molecule has 0 unspecified atom stereocenters. The van der Waals surface area contributed by atoms with Crippen LogP contribution in [0.5, 0.6) is 11.5 Å². The highest BCUT2D eigenvalue weighted by Crippen LogP contribution is 2.42. The molecule has 156 valence electrons. The van der Waals surface area contributed by atoms with Crippen molar-refractivity contribution in [3.05, 3.63) is 82.4 Å². The highest BCUT2D eigenvalue weighted by atomic mass is 19.4. The number of rotatable bonds is 6. The molecule has 0 spiro atoms. The first-order valence-electron chi connectivity index (χ1n) is 9.06. The highest BCUT2D eigenvalue weighted by molar-refractivity contribution is 5.90. The maximum absolute atomic E-state index is 12.7. The lowest BCUT2D eigenvalue weighted by Crippen LogP contribution is -2.05. The van der Waals surface area contributed by atoms with Crippen molar-refractivity contribution in [2.75, 3.05) is 0 Å². The molecule has 0 aliphatic rings. The number of phenols is 2. The van der Waals surface area contributed by atoms with Crippen LogP contribution in [0.2, 0.25) is 0 Å². The highest BCUT2D eigenvalue weighted by Gasteiger charge is 2.30. The minimum Gasteiger partial charge on any atom is -0.504 e. The predicted octanol–water partition coefficient (Wildman–Crippen LogP) is 5.62. The SMILES string of the molecule is Cc1c(O)c(O)c(C=O)c(COCc2ccc(C(F)(F)F)cc2)c1-c1ccccc1. The van der Waals surface area contributed by atoms with Crippen LogP contribution in [-0.4, -0.2) is 16.5 Å². The maximum Gasteiger partial charge on any atom is 0.416 e. The molecule has 0 aliphatic carbocycles. The minimum atomic E-state index is -4.41. The molecule has 0 radical (unpaired) electrons. The fraction of sp³-hybridized carbons (Fsp3) is 0.174. The van der Waals surface area contributed by atoms with Crippen molar-refractivity contribution < 1.29 is 32.9 Å². The number of halogens is 3. The predicted molar refractivity (Wildman–Crippen MR) is 105 cm³/mol. The third-order valence-electron chi connectivity index (χ3n) is 4.81. The van der Waals surface area contributed by atoms with E-state index >= 15 is 0 Å². The molecule has 4 nitrogen and oxygen atoms in total. The monoisotopic (exact) mass is 416 g/mol. The van der Waals surface area contributed by atoms with Crippen LogP contribution >= 0.6 is 0 Å². The molecule has 30 heavy (non-hydrogen) atoms. The van der Waals surface area contributed by atoms with E-state index in [1.54, 1.807) is 31.2 Å². The van der Waals surface area contributed by atoms with Crippen LogP contribution in [0.15, 0.2) is 54.6 Å². The summed E-state index contributed by atoms with van der Waals surface area (Å²) >= 11 is 0. The Morgan fingerprint density at radius 3 is 2.13 bits per heavy atom. The Morgan fingerprint density at radius 1 is 0.933 bits per heavy atom. The lowest BCUT2D eigenvalue weighted by molar-refractivity contribution is -0.137. The molecule has 0 aliphatic heterocycles. The van der Waals surface area contributed by atoms with E-state index in [-0.39, 0.29) is 24.5 Å². The zero-order valence-corrected chi connectivity index (χ0v) is 16.0. The summed E-state index contributed by atoms with van der Waals surface area (Å²) in [7, 11) is 0. The van der Waals surface area contributed by atoms with Gasteiger partial charge in [0, 0.05) is 11.1 Å². The molecule has 0 saturated heterocycles. The Hall–Kier alpha value is -3.32. The van der Waals surface area contributed by atoms with E-state index in [0.717, 1.165) is 17.7 Å².